The van der Waals surface area contributed by atoms with Crippen molar-refractivity contribution < 1.29 is 0 Å². The molecular formula is C14H19N3. The van der Waals surface area contributed by atoms with Gasteiger partial charge < -0.3 is 10.3 Å². The molecule has 0 aliphatic heterocycles. The lowest BCUT2D eigenvalue weighted by Crippen LogP contribution is -2.38. The highest BCUT2D eigenvalue weighted by atomic mass is 15.1. The van der Waals surface area contributed by atoms with Gasteiger partial charge in [-0.3, -0.25) is 0 Å². The summed E-state index contributed by atoms with van der Waals surface area (Å²) in [7, 11) is 2.06. The van der Waals surface area contributed by atoms with E-state index in [0.29, 0.717) is 5.92 Å². The van der Waals surface area contributed by atoms with E-state index in [1.807, 2.05) is 0 Å². The Bertz CT molecular complexity index is 576. The summed E-state index contributed by atoms with van der Waals surface area (Å²) in [5.74, 6) is 1.61. The monoisotopic (exact) mass is 229 g/mol. The van der Waals surface area contributed by atoms with Gasteiger partial charge in [-0.15, -0.1) is 0 Å². The SMILES string of the molecule is Cc1ccc2c(c1)nc(C(C)(N)C1CC1)n2C. The van der Waals surface area contributed by atoms with E-state index in [1.54, 1.807) is 0 Å². The summed E-state index contributed by atoms with van der Waals surface area (Å²) in [6.45, 7) is 4.20. The molecule has 1 aliphatic carbocycles. The number of hydrogen-bond acceptors (Lipinski definition) is 2. The Labute approximate surface area is 102 Å². The fourth-order valence-electron chi connectivity index (χ4n) is 2.66. The van der Waals surface area contributed by atoms with E-state index in [0.717, 1.165) is 11.3 Å². The molecule has 1 heterocycles. The first-order valence-corrected chi connectivity index (χ1v) is 6.22. The molecule has 0 saturated heterocycles. The van der Waals surface area contributed by atoms with Crippen molar-refractivity contribution in [1.82, 2.24) is 9.55 Å². The average molecular weight is 229 g/mol. The van der Waals surface area contributed by atoms with E-state index >= 15 is 0 Å². The highest BCUT2D eigenvalue weighted by molar-refractivity contribution is 5.77. The normalized spacial score (nSPS) is 19.5. The number of aryl methyl sites for hydroxylation is 2. The van der Waals surface area contributed by atoms with Crippen LogP contribution in [0.1, 0.15) is 31.2 Å². The molecule has 2 N–H and O–H groups in total. The molecule has 3 nitrogen and oxygen atoms in total. The smallest absolute Gasteiger partial charge is 0.129 e. The van der Waals surface area contributed by atoms with Crippen LogP contribution in [0.25, 0.3) is 11.0 Å². The average Bonchev–Trinajstić information content (AvgIpc) is 3.05. The van der Waals surface area contributed by atoms with Crippen molar-refractivity contribution in [2.45, 2.75) is 32.2 Å². The summed E-state index contributed by atoms with van der Waals surface area (Å²) in [6, 6.07) is 6.38. The molecule has 1 fully saturated rings. The number of nitrogens with two attached hydrogens (primary N) is 1. The van der Waals surface area contributed by atoms with Crippen LogP contribution < -0.4 is 5.73 Å². The zero-order valence-corrected chi connectivity index (χ0v) is 10.7. The highest BCUT2D eigenvalue weighted by Crippen LogP contribution is 2.43. The van der Waals surface area contributed by atoms with Crippen LogP contribution in [-0.4, -0.2) is 9.55 Å². The molecular weight excluding hydrogens is 210 g/mol. The maximum atomic E-state index is 6.46. The lowest BCUT2D eigenvalue weighted by molar-refractivity contribution is 0.391. The summed E-state index contributed by atoms with van der Waals surface area (Å²) in [6.07, 6.45) is 2.46. The molecule has 3 heteroatoms. The number of hydrogen-bond donors (Lipinski definition) is 1. The van der Waals surface area contributed by atoms with Gasteiger partial charge in [-0.1, -0.05) is 6.07 Å². The third kappa shape index (κ3) is 1.57. The van der Waals surface area contributed by atoms with Gasteiger partial charge in [0, 0.05) is 7.05 Å². The molecule has 1 atom stereocenters. The third-order valence-corrected chi connectivity index (χ3v) is 3.94. The van der Waals surface area contributed by atoms with Gasteiger partial charge in [-0.25, -0.2) is 4.98 Å². The van der Waals surface area contributed by atoms with E-state index in [4.69, 9.17) is 10.7 Å². The number of nitrogens with zero attached hydrogens (tertiary/aromatic N) is 2. The van der Waals surface area contributed by atoms with Gasteiger partial charge >= 0.3 is 0 Å². The second-order valence-corrected chi connectivity index (χ2v) is 5.54. The van der Waals surface area contributed by atoms with Crippen molar-refractivity contribution >= 4 is 11.0 Å². The standard InChI is InChI=1S/C14H19N3/c1-9-4-7-12-11(8-9)16-13(17(12)3)14(2,15)10-5-6-10/h4,7-8,10H,5-6,15H2,1-3H3. The van der Waals surface area contributed by atoms with Crippen LogP contribution >= 0.6 is 0 Å². The van der Waals surface area contributed by atoms with E-state index in [9.17, 15) is 0 Å². The molecule has 0 amide bonds. The van der Waals surface area contributed by atoms with Gasteiger partial charge in [0.2, 0.25) is 0 Å². The molecule has 0 radical (unpaired) electrons. The molecule has 17 heavy (non-hydrogen) atoms. The summed E-state index contributed by atoms with van der Waals surface area (Å²) >= 11 is 0. The summed E-state index contributed by atoms with van der Waals surface area (Å²) in [5, 5.41) is 0. The minimum Gasteiger partial charge on any atom is -0.330 e. The Hall–Kier alpha value is -1.35. The zero-order valence-electron chi connectivity index (χ0n) is 10.7. The first-order valence-electron chi connectivity index (χ1n) is 6.22. The third-order valence-electron chi connectivity index (χ3n) is 3.94. The van der Waals surface area contributed by atoms with Gasteiger partial charge in [0.1, 0.15) is 5.82 Å². The van der Waals surface area contributed by atoms with Crippen LogP contribution in [0.2, 0.25) is 0 Å². The van der Waals surface area contributed by atoms with Crippen LogP contribution in [0.3, 0.4) is 0 Å². The predicted octanol–water partition coefficient (Wildman–Crippen LogP) is 2.47. The Kier molecular flexibility index (Phi) is 2.11. The van der Waals surface area contributed by atoms with Crippen molar-refractivity contribution in [3.63, 3.8) is 0 Å². The lowest BCUT2D eigenvalue weighted by atomic mass is 9.96. The first kappa shape index (κ1) is 10.8. The maximum absolute atomic E-state index is 6.46. The second kappa shape index (κ2) is 3.33. The molecule has 1 aromatic heterocycles. The minimum absolute atomic E-state index is 0.290. The topological polar surface area (TPSA) is 43.8 Å². The molecule has 90 valence electrons. The second-order valence-electron chi connectivity index (χ2n) is 5.54. The van der Waals surface area contributed by atoms with Gasteiger partial charge in [-0.2, -0.15) is 0 Å². The molecule has 1 aromatic carbocycles. The van der Waals surface area contributed by atoms with E-state index in [1.165, 1.54) is 23.9 Å². The largest absolute Gasteiger partial charge is 0.330 e. The fraction of sp³-hybridized carbons (Fsp3) is 0.500. The van der Waals surface area contributed by atoms with Crippen molar-refractivity contribution in [2.75, 3.05) is 0 Å². The summed E-state index contributed by atoms with van der Waals surface area (Å²) in [5.41, 5.74) is 9.64. The van der Waals surface area contributed by atoms with Crippen molar-refractivity contribution in [3.8, 4) is 0 Å². The molecule has 3 rings (SSSR count). The number of rotatable bonds is 2. The molecule has 1 saturated carbocycles. The quantitative estimate of drug-likeness (QED) is 0.859. The molecule has 2 aromatic rings. The van der Waals surface area contributed by atoms with Crippen molar-refractivity contribution in [3.05, 3.63) is 29.6 Å². The van der Waals surface area contributed by atoms with Crippen LogP contribution in [0.5, 0.6) is 0 Å². The van der Waals surface area contributed by atoms with Gasteiger partial charge in [0.05, 0.1) is 16.6 Å². The predicted molar refractivity (Wildman–Crippen MR) is 69.7 cm³/mol. The van der Waals surface area contributed by atoms with E-state index in [2.05, 4.69) is 43.7 Å². The van der Waals surface area contributed by atoms with Crippen LogP contribution in [-0.2, 0) is 12.6 Å². The van der Waals surface area contributed by atoms with Crippen LogP contribution in [0.4, 0.5) is 0 Å². The van der Waals surface area contributed by atoms with E-state index in [-0.39, 0.29) is 5.54 Å². The van der Waals surface area contributed by atoms with E-state index < -0.39 is 0 Å². The van der Waals surface area contributed by atoms with Crippen molar-refractivity contribution in [2.24, 2.45) is 18.7 Å². The molecule has 1 aliphatic rings. The lowest BCUT2D eigenvalue weighted by Gasteiger charge is -2.23. The van der Waals surface area contributed by atoms with Crippen LogP contribution in [0.15, 0.2) is 18.2 Å². The minimum atomic E-state index is -0.290. The number of benzene rings is 1. The fourth-order valence-corrected chi connectivity index (χ4v) is 2.66. The number of imidazole rings is 1. The van der Waals surface area contributed by atoms with Gasteiger partial charge in [0.25, 0.3) is 0 Å². The molecule has 0 spiro atoms. The molecule has 0 bridgehead atoms. The highest BCUT2D eigenvalue weighted by Gasteiger charge is 2.42. The Morgan fingerprint density at radius 2 is 2.12 bits per heavy atom. The Morgan fingerprint density at radius 1 is 1.41 bits per heavy atom. The summed E-state index contributed by atoms with van der Waals surface area (Å²) < 4.78 is 2.15. The van der Waals surface area contributed by atoms with Crippen LogP contribution in [0, 0.1) is 12.8 Å². The van der Waals surface area contributed by atoms with Crippen molar-refractivity contribution in [1.29, 1.82) is 0 Å². The van der Waals surface area contributed by atoms with Gasteiger partial charge in [-0.05, 0) is 50.3 Å². The number of fused-ring (bicyclic) bond motifs is 1. The molecule has 1 unspecified atom stereocenters. The zero-order chi connectivity index (χ0) is 12.2. The van der Waals surface area contributed by atoms with Gasteiger partial charge in [0.15, 0.2) is 0 Å². The number of aromatic nitrogens is 2. The Morgan fingerprint density at radius 3 is 2.76 bits per heavy atom. The first-order chi connectivity index (χ1) is 8.00. The maximum Gasteiger partial charge on any atom is 0.129 e. The Balaban J connectivity index is 2.20. The summed E-state index contributed by atoms with van der Waals surface area (Å²) in [4.78, 5) is 4.74.